The zero-order valence-corrected chi connectivity index (χ0v) is 11.4. The van der Waals surface area contributed by atoms with Crippen LogP contribution in [0.1, 0.15) is 30.1 Å². The van der Waals surface area contributed by atoms with Crippen molar-refractivity contribution in [2.75, 3.05) is 6.61 Å². The molecule has 1 N–H and O–H groups in total. The second-order valence-electron chi connectivity index (χ2n) is 4.29. The number of hydrogen-bond acceptors (Lipinski definition) is 2. The normalized spacial score (nSPS) is 21.2. The van der Waals surface area contributed by atoms with Crippen LogP contribution < -0.4 is 5.32 Å². The van der Waals surface area contributed by atoms with Gasteiger partial charge in [0.2, 0.25) is 0 Å². The highest BCUT2D eigenvalue weighted by Gasteiger charge is 2.24. The zero-order chi connectivity index (χ0) is 12.3. The molecule has 0 saturated carbocycles. The van der Waals surface area contributed by atoms with E-state index in [-0.39, 0.29) is 18.1 Å². The number of amides is 1. The Morgan fingerprint density at radius 1 is 1.53 bits per heavy atom. The van der Waals surface area contributed by atoms with Gasteiger partial charge in [-0.25, -0.2) is 0 Å². The zero-order valence-electron chi connectivity index (χ0n) is 9.78. The van der Waals surface area contributed by atoms with Crippen LogP contribution in [-0.4, -0.2) is 24.7 Å². The van der Waals surface area contributed by atoms with Crippen LogP contribution in [0.15, 0.2) is 28.7 Å². The smallest absolute Gasteiger partial charge is 0.252 e. The maximum absolute atomic E-state index is 12.0. The summed E-state index contributed by atoms with van der Waals surface area (Å²) >= 11 is 3.38. The minimum atomic E-state index is -0.0551. The van der Waals surface area contributed by atoms with Gasteiger partial charge in [-0.05, 0) is 47.8 Å². The van der Waals surface area contributed by atoms with E-state index in [1.165, 1.54) is 0 Å². The molecule has 0 unspecified atom stereocenters. The molecule has 0 radical (unpaired) electrons. The lowest BCUT2D eigenvalue weighted by Crippen LogP contribution is -2.40. The number of carbonyl (C=O) groups excluding carboxylic acids is 1. The Kier molecular flexibility index (Phi) is 4.18. The molecule has 1 aromatic carbocycles. The van der Waals surface area contributed by atoms with Crippen molar-refractivity contribution in [3.8, 4) is 0 Å². The Balaban J connectivity index is 1.99. The number of halogens is 1. The quantitative estimate of drug-likeness (QED) is 0.932. The third-order valence-corrected chi connectivity index (χ3v) is 3.69. The third kappa shape index (κ3) is 3.07. The molecule has 0 spiro atoms. The molecule has 1 heterocycles. The highest BCUT2D eigenvalue weighted by molar-refractivity contribution is 9.10. The first kappa shape index (κ1) is 12.6. The fourth-order valence-electron chi connectivity index (χ4n) is 2.02. The summed E-state index contributed by atoms with van der Waals surface area (Å²) in [5.74, 6) is -0.0551. The van der Waals surface area contributed by atoms with Gasteiger partial charge in [0.25, 0.3) is 5.91 Å². The molecular weight excluding hydrogens is 282 g/mol. The van der Waals surface area contributed by atoms with E-state index in [2.05, 4.69) is 21.2 Å². The minimum Gasteiger partial charge on any atom is -0.376 e. The second kappa shape index (κ2) is 5.65. The number of carbonyl (C=O) groups is 1. The summed E-state index contributed by atoms with van der Waals surface area (Å²) in [5, 5.41) is 2.99. The van der Waals surface area contributed by atoms with Crippen molar-refractivity contribution in [3.05, 3.63) is 34.3 Å². The number of ether oxygens (including phenoxy) is 1. The lowest BCUT2D eigenvalue weighted by Gasteiger charge is -2.20. The SMILES string of the molecule is C[C@@H](NC(=O)c1ccccc1Br)[C@H]1CCCO1. The van der Waals surface area contributed by atoms with Gasteiger partial charge in [0, 0.05) is 11.1 Å². The van der Waals surface area contributed by atoms with E-state index in [1.54, 1.807) is 0 Å². The van der Waals surface area contributed by atoms with E-state index in [4.69, 9.17) is 4.74 Å². The summed E-state index contributed by atoms with van der Waals surface area (Å²) in [4.78, 5) is 12.0. The maximum atomic E-state index is 12.0. The van der Waals surface area contributed by atoms with Crippen molar-refractivity contribution < 1.29 is 9.53 Å². The summed E-state index contributed by atoms with van der Waals surface area (Å²) in [6.07, 6.45) is 2.26. The summed E-state index contributed by atoms with van der Waals surface area (Å²) < 4.78 is 6.37. The Morgan fingerprint density at radius 3 is 2.94 bits per heavy atom. The van der Waals surface area contributed by atoms with Crippen LogP contribution in [0.2, 0.25) is 0 Å². The van der Waals surface area contributed by atoms with Gasteiger partial charge in [-0.3, -0.25) is 4.79 Å². The van der Waals surface area contributed by atoms with Crippen molar-refractivity contribution in [1.29, 1.82) is 0 Å². The minimum absolute atomic E-state index is 0.0529. The fraction of sp³-hybridized carbons (Fsp3) is 0.462. The maximum Gasteiger partial charge on any atom is 0.252 e. The van der Waals surface area contributed by atoms with Crippen LogP contribution in [0, 0.1) is 0 Å². The summed E-state index contributed by atoms with van der Waals surface area (Å²) in [6.45, 7) is 2.80. The van der Waals surface area contributed by atoms with Gasteiger partial charge >= 0.3 is 0 Å². The molecule has 0 bridgehead atoms. The van der Waals surface area contributed by atoms with E-state index in [1.807, 2.05) is 31.2 Å². The van der Waals surface area contributed by atoms with Crippen molar-refractivity contribution >= 4 is 21.8 Å². The average Bonchev–Trinajstić information content (AvgIpc) is 2.82. The summed E-state index contributed by atoms with van der Waals surface area (Å²) in [5.41, 5.74) is 0.664. The van der Waals surface area contributed by atoms with Gasteiger partial charge in [-0.15, -0.1) is 0 Å². The molecule has 92 valence electrons. The van der Waals surface area contributed by atoms with Gasteiger partial charge < -0.3 is 10.1 Å². The first-order valence-electron chi connectivity index (χ1n) is 5.85. The third-order valence-electron chi connectivity index (χ3n) is 3.00. The molecule has 1 aromatic rings. The van der Waals surface area contributed by atoms with E-state index >= 15 is 0 Å². The Hall–Kier alpha value is -0.870. The largest absolute Gasteiger partial charge is 0.376 e. The molecule has 1 fully saturated rings. The average molecular weight is 298 g/mol. The molecule has 0 aliphatic carbocycles. The van der Waals surface area contributed by atoms with Crippen LogP contribution in [0.5, 0.6) is 0 Å². The van der Waals surface area contributed by atoms with E-state index in [9.17, 15) is 4.79 Å². The first-order chi connectivity index (χ1) is 8.18. The molecule has 3 nitrogen and oxygen atoms in total. The lowest BCUT2D eigenvalue weighted by molar-refractivity contribution is 0.0712. The fourth-order valence-corrected chi connectivity index (χ4v) is 2.48. The monoisotopic (exact) mass is 297 g/mol. The predicted octanol–water partition coefficient (Wildman–Crippen LogP) is 2.75. The van der Waals surface area contributed by atoms with Gasteiger partial charge in [0.05, 0.1) is 17.7 Å². The van der Waals surface area contributed by atoms with Gasteiger partial charge in [0.1, 0.15) is 0 Å². The molecule has 2 atom stereocenters. The molecule has 1 amide bonds. The second-order valence-corrected chi connectivity index (χ2v) is 5.15. The van der Waals surface area contributed by atoms with Crippen LogP contribution in [0.3, 0.4) is 0 Å². The highest BCUT2D eigenvalue weighted by atomic mass is 79.9. The number of nitrogens with one attached hydrogen (secondary N) is 1. The van der Waals surface area contributed by atoms with E-state index in [0.717, 1.165) is 23.9 Å². The Bertz CT molecular complexity index is 402. The molecule has 2 rings (SSSR count). The molecule has 1 aliphatic rings. The Labute approximate surface area is 110 Å². The van der Waals surface area contributed by atoms with Crippen LogP contribution in [-0.2, 0) is 4.74 Å². The van der Waals surface area contributed by atoms with E-state index < -0.39 is 0 Å². The summed E-state index contributed by atoms with van der Waals surface area (Å²) in [7, 11) is 0. The molecule has 0 aromatic heterocycles. The van der Waals surface area contributed by atoms with Crippen molar-refractivity contribution in [2.24, 2.45) is 0 Å². The highest BCUT2D eigenvalue weighted by Crippen LogP contribution is 2.18. The van der Waals surface area contributed by atoms with Crippen LogP contribution in [0.25, 0.3) is 0 Å². The molecular formula is C13H16BrNO2. The van der Waals surface area contributed by atoms with Gasteiger partial charge in [0.15, 0.2) is 0 Å². The number of rotatable bonds is 3. The molecule has 1 saturated heterocycles. The molecule has 1 aliphatic heterocycles. The summed E-state index contributed by atoms with van der Waals surface area (Å²) in [6, 6.07) is 7.48. The van der Waals surface area contributed by atoms with Crippen molar-refractivity contribution in [2.45, 2.75) is 31.9 Å². The lowest BCUT2D eigenvalue weighted by atomic mass is 10.1. The predicted molar refractivity (Wildman–Crippen MR) is 70.0 cm³/mol. The van der Waals surface area contributed by atoms with Crippen molar-refractivity contribution in [1.82, 2.24) is 5.32 Å². The molecule has 17 heavy (non-hydrogen) atoms. The van der Waals surface area contributed by atoms with Crippen molar-refractivity contribution in [3.63, 3.8) is 0 Å². The topological polar surface area (TPSA) is 38.3 Å². The number of hydrogen-bond donors (Lipinski definition) is 1. The first-order valence-corrected chi connectivity index (χ1v) is 6.65. The van der Waals surface area contributed by atoms with E-state index in [0.29, 0.717) is 5.56 Å². The van der Waals surface area contributed by atoms with Crippen LogP contribution in [0.4, 0.5) is 0 Å². The molecule has 4 heteroatoms. The van der Waals surface area contributed by atoms with Gasteiger partial charge in [-0.2, -0.15) is 0 Å². The standard InChI is InChI=1S/C13H16BrNO2/c1-9(12-7-4-8-17-12)15-13(16)10-5-2-3-6-11(10)14/h2-3,5-6,9,12H,4,7-8H2,1H3,(H,15,16)/t9-,12-/m1/s1. The van der Waals surface area contributed by atoms with Gasteiger partial charge in [-0.1, -0.05) is 12.1 Å². The Morgan fingerprint density at radius 2 is 2.29 bits per heavy atom. The number of benzene rings is 1. The van der Waals surface area contributed by atoms with Crippen LogP contribution >= 0.6 is 15.9 Å².